The first kappa shape index (κ1) is 14.0. The van der Waals surface area contributed by atoms with Crippen LogP contribution >= 0.6 is 11.6 Å². The van der Waals surface area contributed by atoms with Gasteiger partial charge in [-0.05, 0) is 24.5 Å². The van der Waals surface area contributed by atoms with Gasteiger partial charge in [0.1, 0.15) is 11.4 Å². The maximum Gasteiger partial charge on any atom is 0.341 e. The van der Waals surface area contributed by atoms with Crippen LogP contribution in [0.1, 0.15) is 45.8 Å². The van der Waals surface area contributed by atoms with E-state index >= 15 is 0 Å². The largest absolute Gasteiger partial charge is 0.462 e. The lowest BCUT2D eigenvalue weighted by Gasteiger charge is -2.29. The van der Waals surface area contributed by atoms with Gasteiger partial charge >= 0.3 is 5.97 Å². The van der Waals surface area contributed by atoms with Crippen LogP contribution in [-0.2, 0) is 17.0 Å². The summed E-state index contributed by atoms with van der Waals surface area (Å²) in [6, 6.07) is 8.25. The third-order valence-electron chi connectivity index (χ3n) is 3.67. The third-order valence-corrected chi connectivity index (χ3v) is 3.93. The Morgan fingerprint density at radius 2 is 2.24 bits per heavy atom. The summed E-state index contributed by atoms with van der Waals surface area (Å²) in [7, 11) is 0. The van der Waals surface area contributed by atoms with Gasteiger partial charge in [-0.2, -0.15) is 0 Å². The molecule has 1 unspecified atom stereocenters. The summed E-state index contributed by atoms with van der Waals surface area (Å²) in [6.07, 6.45) is 2.45. The van der Waals surface area contributed by atoms with Crippen molar-refractivity contribution in [3.63, 3.8) is 0 Å². The number of hydrogen-bond donors (Lipinski definition) is 0. The van der Waals surface area contributed by atoms with Crippen LogP contribution < -0.4 is 0 Å². The zero-order valence-corrected chi connectivity index (χ0v) is 12.4. The summed E-state index contributed by atoms with van der Waals surface area (Å²) < 4.78 is 4.99. The summed E-state index contributed by atoms with van der Waals surface area (Å²) in [5.74, 6) is 0.656. The van der Waals surface area contributed by atoms with Gasteiger partial charge in [0.2, 0.25) is 0 Å². The Bertz CT molecular complexity index is 688. The summed E-state index contributed by atoms with van der Waals surface area (Å²) in [5.41, 5.74) is 3.46. The number of aromatic nitrogens is 2. The SMILES string of the molecule is CCOC(=O)c1cnc(C2Cc3ccccc32)nc1CCl. The van der Waals surface area contributed by atoms with Crippen molar-refractivity contribution in [3.05, 3.63) is 58.7 Å². The first-order chi connectivity index (χ1) is 10.2. The van der Waals surface area contributed by atoms with E-state index in [9.17, 15) is 4.79 Å². The minimum atomic E-state index is -0.422. The molecule has 0 fully saturated rings. The molecule has 0 N–H and O–H groups in total. The van der Waals surface area contributed by atoms with Gasteiger partial charge in [0.25, 0.3) is 0 Å². The normalized spacial score (nSPS) is 16.0. The number of hydrogen-bond acceptors (Lipinski definition) is 4. The molecule has 108 valence electrons. The second kappa shape index (κ2) is 5.82. The fraction of sp³-hybridized carbons (Fsp3) is 0.312. The van der Waals surface area contributed by atoms with Crippen molar-refractivity contribution in [1.29, 1.82) is 0 Å². The molecule has 0 aliphatic heterocycles. The molecule has 0 radical (unpaired) electrons. The average molecular weight is 303 g/mol. The molecule has 1 atom stereocenters. The summed E-state index contributed by atoms with van der Waals surface area (Å²) in [5, 5.41) is 0. The Morgan fingerprint density at radius 3 is 2.95 bits per heavy atom. The Morgan fingerprint density at radius 1 is 1.43 bits per heavy atom. The van der Waals surface area contributed by atoms with Crippen LogP contribution in [0.25, 0.3) is 0 Å². The Labute approximate surface area is 128 Å². The molecular weight excluding hydrogens is 288 g/mol. The number of nitrogens with zero attached hydrogens (tertiary/aromatic N) is 2. The van der Waals surface area contributed by atoms with Crippen LogP contribution in [-0.4, -0.2) is 22.5 Å². The van der Waals surface area contributed by atoms with Crippen molar-refractivity contribution >= 4 is 17.6 Å². The molecule has 1 aliphatic carbocycles. The van der Waals surface area contributed by atoms with Crippen molar-refractivity contribution in [2.24, 2.45) is 0 Å². The van der Waals surface area contributed by atoms with E-state index in [0.29, 0.717) is 17.9 Å². The predicted octanol–water partition coefficient (Wildman–Crippen LogP) is 3.08. The van der Waals surface area contributed by atoms with Crippen LogP contribution in [0.4, 0.5) is 0 Å². The molecule has 1 aromatic heterocycles. The Balaban J connectivity index is 1.91. The molecule has 1 heterocycles. The number of benzene rings is 1. The lowest BCUT2D eigenvalue weighted by Crippen LogP contribution is -2.22. The fourth-order valence-electron chi connectivity index (χ4n) is 2.57. The molecule has 3 rings (SSSR count). The molecule has 4 nitrogen and oxygen atoms in total. The zero-order valence-electron chi connectivity index (χ0n) is 11.7. The highest BCUT2D eigenvalue weighted by molar-refractivity contribution is 6.17. The molecule has 0 spiro atoms. The van der Waals surface area contributed by atoms with Crippen molar-refractivity contribution in [3.8, 4) is 0 Å². The second-order valence-corrected chi connectivity index (χ2v) is 5.17. The highest BCUT2D eigenvalue weighted by Gasteiger charge is 2.30. The van der Waals surface area contributed by atoms with Gasteiger partial charge in [-0.25, -0.2) is 14.8 Å². The smallest absolute Gasteiger partial charge is 0.341 e. The number of halogens is 1. The van der Waals surface area contributed by atoms with Crippen molar-refractivity contribution < 1.29 is 9.53 Å². The van der Waals surface area contributed by atoms with Crippen molar-refractivity contribution in [1.82, 2.24) is 9.97 Å². The van der Waals surface area contributed by atoms with Gasteiger partial charge in [-0.1, -0.05) is 24.3 Å². The third kappa shape index (κ3) is 2.51. The summed E-state index contributed by atoms with van der Waals surface area (Å²) in [6.45, 7) is 2.08. The monoisotopic (exact) mass is 302 g/mol. The van der Waals surface area contributed by atoms with Crippen molar-refractivity contribution in [2.45, 2.75) is 25.1 Å². The second-order valence-electron chi connectivity index (χ2n) is 4.90. The molecule has 0 bridgehead atoms. The number of ether oxygens (including phenoxy) is 1. The number of fused-ring (bicyclic) bond motifs is 1. The van der Waals surface area contributed by atoms with Crippen LogP contribution in [0.2, 0.25) is 0 Å². The van der Waals surface area contributed by atoms with E-state index in [2.05, 4.69) is 22.1 Å². The molecule has 5 heteroatoms. The number of carbonyl (C=O) groups excluding carboxylic acids is 1. The zero-order chi connectivity index (χ0) is 14.8. The van der Waals surface area contributed by atoms with E-state index in [1.54, 1.807) is 6.92 Å². The number of carbonyl (C=O) groups is 1. The fourth-order valence-corrected chi connectivity index (χ4v) is 2.77. The predicted molar refractivity (Wildman–Crippen MR) is 79.5 cm³/mol. The van der Waals surface area contributed by atoms with Gasteiger partial charge in [0.05, 0.1) is 18.2 Å². The van der Waals surface area contributed by atoms with Gasteiger partial charge < -0.3 is 4.74 Å². The first-order valence-electron chi connectivity index (χ1n) is 6.91. The van der Waals surface area contributed by atoms with E-state index in [1.807, 2.05) is 12.1 Å². The standard InChI is InChI=1S/C16H15ClN2O2/c1-2-21-16(20)13-9-18-15(19-14(13)8-17)12-7-10-5-3-4-6-11(10)12/h3-6,9,12H,2,7-8H2,1H3. The van der Waals surface area contributed by atoms with Gasteiger partial charge in [0, 0.05) is 12.1 Å². The molecular formula is C16H15ClN2O2. The summed E-state index contributed by atoms with van der Waals surface area (Å²) >= 11 is 5.92. The molecule has 0 saturated heterocycles. The maximum absolute atomic E-state index is 11.8. The number of esters is 1. The van der Waals surface area contributed by atoms with Gasteiger partial charge in [0.15, 0.2) is 0 Å². The lowest BCUT2D eigenvalue weighted by atomic mass is 9.77. The lowest BCUT2D eigenvalue weighted by molar-refractivity contribution is 0.0524. The quantitative estimate of drug-likeness (QED) is 0.643. The minimum Gasteiger partial charge on any atom is -0.462 e. The van der Waals surface area contributed by atoms with E-state index < -0.39 is 5.97 Å². The first-order valence-corrected chi connectivity index (χ1v) is 7.44. The van der Waals surface area contributed by atoms with E-state index in [1.165, 1.54) is 17.3 Å². The van der Waals surface area contributed by atoms with Gasteiger partial charge in [-0.15, -0.1) is 11.6 Å². The van der Waals surface area contributed by atoms with Crippen LogP contribution in [0.3, 0.4) is 0 Å². The number of rotatable bonds is 4. The van der Waals surface area contributed by atoms with E-state index in [0.717, 1.165) is 12.2 Å². The van der Waals surface area contributed by atoms with E-state index in [-0.39, 0.29) is 11.8 Å². The maximum atomic E-state index is 11.8. The Hall–Kier alpha value is -1.94. The van der Waals surface area contributed by atoms with Gasteiger partial charge in [-0.3, -0.25) is 0 Å². The average Bonchev–Trinajstić information content (AvgIpc) is 2.48. The molecule has 0 amide bonds. The van der Waals surface area contributed by atoms with Crippen LogP contribution in [0.15, 0.2) is 30.5 Å². The topological polar surface area (TPSA) is 52.1 Å². The molecule has 1 aromatic carbocycles. The van der Waals surface area contributed by atoms with Crippen LogP contribution in [0.5, 0.6) is 0 Å². The molecule has 21 heavy (non-hydrogen) atoms. The Kier molecular flexibility index (Phi) is 3.88. The molecule has 1 aliphatic rings. The highest BCUT2D eigenvalue weighted by Crippen LogP contribution is 2.38. The minimum absolute atomic E-state index is 0.165. The number of alkyl halides is 1. The highest BCUT2D eigenvalue weighted by atomic mass is 35.5. The van der Waals surface area contributed by atoms with E-state index in [4.69, 9.17) is 16.3 Å². The molecule has 0 saturated carbocycles. The van der Waals surface area contributed by atoms with Crippen molar-refractivity contribution in [2.75, 3.05) is 6.61 Å². The molecule has 2 aromatic rings. The van der Waals surface area contributed by atoms with Crippen LogP contribution in [0, 0.1) is 0 Å². The summed E-state index contributed by atoms with van der Waals surface area (Å²) in [4.78, 5) is 20.6.